The zero-order valence-electron chi connectivity index (χ0n) is 11.3. The maximum atomic E-state index is 9.59. The van der Waals surface area contributed by atoms with Gasteiger partial charge in [0.05, 0.1) is 6.61 Å². The number of hydrogen-bond donors (Lipinski definition) is 1. The van der Waals surface area contributed by atoms with E-state index in [2.05, 4.69) is 34.9 Å². The lowest BCUT2D eigenvalue weighted by atomic mass is 10.1. The lowest BCUT2D eigenvalue weighted by molar-refractivity contribution is 0.283. The van der Waals surface area contributed by atoms with Gasteiger partial charge in [0.25, 0.3) is 0 Å². The summed E-state index contributed by atoms with van der Waals surface area (Å²) in [5.41, 5.74) is 4.23. The van der Waals surface area contributed by atoms with E-state index in [1.54, 1.807) is 0 Å². The molecule has 0 aliphatic carbocycles. The van der Waals surface area contributed by atoms with Crippen molar-refractivity contribution >= 4 is 22.5 Å². The summed E-state index contributed by atoms with van der Waals surface area (Å²) >= 11 is 6.46. The minimum Gasteiger partial charge on any atom is -0.392 e. The number of halogens is 1. The third-order valence-electron chi connectivity index (χ3n) is 3.60. The van der Waals surface area contributed by atoms with E-state index in [4.69, 9.17) is 11.6 Å². The zero-order chi connectivity index (χ0) is 14.1. The average molecular weight is 286 g/mol. The molecule has 0 radical (unpaired) electrons. The van der Waals surface area contributed by atoms with E-state index < -0.39 is 0 Å². The third-order valence-corrected chi connectivity index (χ3v) is 4.03. The van der Waals surface area contributed by atoms with Crippen molar-refractivity contribution in [1.82, 2.24) is 4.57 Å². The molecule has 1 heterocycles. The van der Waals surface area contributed by atoms with Crippen molar-refractivity contribution < 1.29 is 5.11 Å². The lowest BCUT2D eigenvalue weighted by Crippen LogP contribution is -1.99. The van der Waals surface area contributed by atoms with E-state index in [1.807, 2.05) is 25.1 Å². The van der Waals surface area contributed by atoms with Crippen molar-refractivity contribution in [3.05, 3.63) is 70.4 Å². The third kappa shape index (κ3) is 2.21. The number of fused-ring (bicyclic) bond motifs is 1. The van der Waals surface area contributed by atoms with E-state index in [-0.39, 0.29) is 6.61 Å². The van der Waals surface area contributed by atoms with Crippen LogP contribution in [0.5, 0.6) is 0 Å². The van der Waals surface area contributed by atoms with Gasteiger partial charge in [0.15, 0.2) is 0 Å². The number of aromatic nitrogens is 1. The van der Waals surface area contributed by atoms with E-state index in [1.165, 1.54) is 11.1 Å². The molecule has 0 bridgehead atoms. The summed E-state index contributed by atoms with van der Waals surface area (Å²) in [5, 5.41) is 11.2. The van der Waals surface area contributed by atoms with E-state index in [9.17, 15) is 5.11 Å². The van der Waals surface area contributed by atoms with Crippen molar-refractivity contribution in [3.63, 3.8) is 0 Å². The molecule has 3 heteroatoms. The van der Waals surface area contributed by atoms with Gasteiger partial charge >= 0.3 is 0 Å². The first kappa shape index (κ1) is 13.2. The Morgan fingerprint density at radius 2 is 1.85 bits per heavy atom. The SMILES string of the molecule is Cc1ccc2c(c1)c(CO)c(Cl)n2Cc1ccccc1. The van der Waals surface area contributed by atoms with Crippen LogP contribution in [0.3, 0.4) is 0 Å². The molecule has 2 aromatic carbocycles. The second-order valence-electron chi connectivity index (χ2n) is 5.02. The van der Waals surface area contributed by atoms with E-state index in [0.717, 1.165) is 16.5 Å². The van der Waals surface area contributed by atoms with Crippen molar-refractivity contribution in [2.45, 2.75) is 20.1 Å². The molecule has 1 N–H and O–H groups in total. The van der Waals surface area contributed by atoms with Crippen LogP contribution < -0.4 is 0 Å². The molecular formula is C17H16ClNO. The summed E-state index contributed by atoms with van der Waals surface area (Å²) in [6.07, 6.45) is 0. The van der Waals surface area contributed by atoms with Crippen LogP contribution in [0.15, 0.2) is 48.5 Å². The van der Waals surface area contributed by atoms with Crippen LogP contribution in [-0.2, 0) is 13.2 Å². The lowest BCUT2D eigenvalue weighted by Gasteiger charge is -2.07. The summed E-state index contributed by atoms with van der Waals surface area (Å²) in [6.45, 7) is 2.71. The molecule has 1 aromatic heterocycles. The molecule has 0 spiro atoms. The van der Waals surface area contributed by atoms with Crippen molar-refractivity contribution in [2.24, 2.45) is 0 Å². The van der Waals surface area contributed by atoms with Crippen LogP contribution in [0.4, 0.5) is 0 Å². The predicted octanol–water partition coefficient (Wildman–Crippen LogP) is 4.14. The highest BCUT2D eigenvalue weighted by Crippen LogP contribution is 2.31. The van der Waals surface area contributed by atoms with Crippen LogP contribution in [0.1, 0.15) is 16.7 Å². The maximum absolute atomic E-state index is 9.59. The fourth-order valence-electron chi connectivity index (χ4n) is 2.58. The van der Waals surface area contributed by atoms with Gasteiger partial charge in [-0.05, 0) is 24.6 Å². The van der Waals surface area contributed by atoms with Crippen LogP contribution >= 0.6 is 11.6 Å². The Balaban J connectivity index is 2.17. The summed E-state index contributed by atoms with van der Waals surface area (Å²) < 4.78 is 2.05. The molecule has 3 rings (SSSR count). The zero-order valence-corrected chi connectivity index (χ0v) is 12.1. The molecule has 0 atom stereocenters. The molecule has 2 nitrogen and oxygen atoms in total. The normalized spacial score (nSPS) is 11.2. The Morgan fingerprint density at radius 3 is 2.55 bits per heavy atom. The van der Waals surface area contributed by atoms with Gasteiger partial charge in [-0.25, -0.2) is 0 Å². The quantitative estimate of drug-likeness (QED) is 0.768. The van der Waals surface area contributed by atoms with Crippen LogP contribution in [-0.4, -0.2) is 9.67 Å². The largest absolute Gasteiger partial charge is 0.392 e. The van der Waals surface area contributed by atoms with Crippen LogP contribution in [0.25, 0.3) is 10.9 Å². The topological polar surface area (TPSA) is 25.2 Å². The highest BCUT2D eigenvalue weighted by atomic mass is 35.5. The standard InChI is InChI=1S/C17H16ClNO/c1-12-7-8-16-14(9-12)15(11-20)17(18)19(16)10-13-5-3-2-4-6-13/h2-9,20H,10-11H2,1H3. The molecule has 0 amide bonds. The molecule has 0 saturated carbocycles. The summed E-state index contributed by atoms with van der Waals surface area (Å²) in [6, 6.07) is 16.4. The number of aliphatic hydroxyl groups is 1. The highest BCUT2D eigenvalue weighted by molar-refractivity contribution is 6.32. The summed E-state index contributed by atoms with van der Waals surface area (Å²) in [4.78, 5) is 0. The van der Waals surface area contributed by atoms with Crippen molar-refractivity contribution in [3.8, 4) is 0 Å². The van der Waals surface area contributed by atoms with E-state index in [0.29, 0.717) is 11.7 Å². The second-order valence-corrected chi connectivity index (χ2v) is 5.38. The molecule has 20 heavy (non-hydrogen) atoms. The van der Waals surface area contributed by atoms with Gasteiger partial charge in [-0.2, -0.15) is 0 Å². The Morgan fingerprint density at radius 1 is 1.10 bits per heavy atom. The Hall–Kier alpha value is -1.77. The van der Waals surface area contributed by atoms with Gasteiger partial charge in [0.2, 0.25) is 0 Å². The fourth-order valence-corrected chi connectivity index (χ4v) is 2.89. The Labute approximate surface area is 123 Å². The van der Waals surface area contributed by atoms with Gasteiger partial charge < -0.3 is 9.67 Å². The Kier molecular flexibility index (Phi) is 3.51. The Bertz CT molecular complexity index is 747. The summed E-state index contributed by atoms with van der Waals surface area (Å²) in [7, 11) is 0. The fraction of sp³-hybridized carbons (Fsp3) is 0.176. The van der Waals surface area contributed by atoms with Gasteiger partial charge in [-0.15, -0.1) is 0 Å². The first-order valence-electron chi connectivity index (χ1n) is 6.62. The predicted molar refractivity (Wildman–Crippen MR) is 83.2 cm³/mol. The number of rotatable bonds is 3. The molecule has 0 unspecified atom stereocenters. The minimum absolute atomic E-state index is 0.0411. The average Bonchev–Trinajstić information content (AvgIpc) is 2.71. The molecule has 3 aromatic rings. The molecular weight excluding hydrogens is 270 g/mol. The minimum atomic E-state index is -0.0411. The van der Waals surface area contributed by atoms with Gasteiger partial charge in [0, 0.05) is 23.0 Å². The number of hydrogen-bond acceptors (Lipinski definition) is 1. The number of nitrogens with zero attached hydrogens (tertiary/aromatic N) is 1. The first-order valence-corrected chi connectivity index (χ1v) is 7.00. The van der Waals surface area contributed by atoms with Crippen molar-refractivity contribution in [1.29, 1.82) is 0 Å². The van der Waals surface area contributed by atoms with Gasteiger partial charge in [0.1, 0.15) is 5.15 Å². The monoisotopic (exact) mass is 285 g/mol. The second kappa shape index (κ2) is 5.31. The molecule has 102 valence electrons. The first-order chi connectivity index (χ1) is 9.70. The van der Waals surface area contributed by atoms with Gasteiger partial charge in [-0.1, -0.05) is 53.6 Å². The highest BCUT2D eigenvalue weighted by Gasteiger charge is 2.15. The number of aliphatic hydroxyl groups excluding tert-OH is 1. The number of benzene rings is 2. The molecule has 0 fully saturated rings. The molecule has 0 aliphatic rings. The van der Waals surface area contributed by atoms with Gasteiger partial charge in [-0.3, -0.25) is 0 Å². The van der Waals surface area contributed by atoms with Crippen LogP contribution in [0, 0.1) is 6.92 Å². The molecule has 0 saturated heterocycles. The van der Waals surface area contributed by atoms with Crippen LogP contribution in [0.2, 0.25) is 5.15 Å². The smallest absolute Gasteiger partial charge is 0.115 e. The van der Waals surface area contributed by atoms with E-state index >= 15 is 0 Å². The number of aryl methyl sites for hydroxylation is 1. The van der Waals surface area contributed by atoms with Crippen molar-refractivity contribution in [2.75, 3.05) is 0 Å². The summed E-state index contributed by atoms with van der Waals surface area (Å²) in [5.74, 6) is 0. The maximum Gasteiger partial charge on any atom is 0.115 e. The molecule has 0 aliphatic heterocycles.